The van der Waals surface area contributed by atoms with Crippen molar-refractivity contribution in [1.29, 1.82) is 0 Å². The zero-order valence-electron chi connectivity index (χ0n) is 12.4. The van der Waals surface area contributed by atoms with Gasteiger partial charge in [-0.25, -0.2) is 4.39 Å². The molecule has 1 amide bonds. The number of hydrogen-bond acceptors (Lipinski definition) is 4. The molecule has 0 saturated heterocycles. The van der Waals surface area contributed by atoms with Crippen LogP contribution in [0.3, 0.4) is 0 Å². The second-order valence-electron chi connectivity index (χ2n) is 5.17. The third-order valence-electron chi connectivity index (χ3n) is 3.74. The quantitative estimate of drug-likeness (QED) is 0.874. The summed E-state index contributed by atoms with van der Waals surface area (Å²) in [6, 6.07) is 6.64. The monoisotopic (exact) mass is 331 g/mol. The largest absolute Gasteiger partial charge is 0.497 e. The number of thiophene rings is 1. The van der Waals surface area contributed by atoms with E-state index in [1.165, 1.54) is 6.08 Å². The van der Waals surface area contributed by atoms with Gasteiger partial charge >= 0.3 is 0 Å². The van der Waals surface area contributed by atoms with Crippen molar-refractivity contribution in [3.8, 4) is 5.75 Å². The van der Waals surface area contributed by atoms with E-state index in [2.05, 4.69) is 0 Å². The molecule has 23 heavy (non-hydrogen) atoms. The van der Waals surface area contributed by atoms with Gasteiger partial charge in [0.05, 0.1) is 16.9 Å². The standard InChI is InChI=1S/C17H14FNO3S/c1-22-11-5-2-9(3-6-11)14(20)15-13-8-10(18)4-7-12(13)16(23-15)17(19)21/h2-3,5-6,8H,4,7H2,1H3,(H2,19,21). The van der Waals surface area contributed by atoms with E-state index >= 15 is 0 Å². The van der Waals surface area contributed by atoms with Crippen molar-refractivity contribution >= 4 is 29.1 Å². The predicted molar refractivity (Wildman–Crippen MR) is 86.7 cm³/mol. The number of rotatable bonds is 4. The van der Waals surface area contributed by atoms with E-state index < -0.39 is 5.91 Å². The van der Waals surface area contributed by atoms with Gasteiger partial charge in [0.25, 0.3) is 5.91 Å². The van der Waals surface area contributed by atoms with E-state index in [9.17, 15) is 14.0 Å². The van der Waals surface area contributed by atoms with Gasteiger partial charge in [0.2, 0.25) is 5.78 Å². The van der Waals surface area contributed by atoms with Gasteiger partial charge in [-0.15, -0.1) is 11.3 Å². The number of ether oxygens (including phenoxy) is 1. The molecule has 0 atom stereocenters. The maximum absolute atomic E-state index is 13.6. The van der Waals surface area contributed by atoms with Gasteiger partial charge < -0.3 is 10.5 Å². The van der Waals surface area contributed by atoms with Crippen molar-refractivity contribution in [2.24, 2.45) is 5.73 Å². The highest BCUT2D eigenvalue weighted by Crippen LogP contribution is 2.37. The van der Waals surface area contributed by atoms with Crippen LogP contribution in [0.25, 0.3) is 6.08 Å². The number of hydrogen-bond donors (Lipinski definition) is 1. The van der Waals surface area contributed by atoms with Crippen LogP contribution in [0.5, 0.6) is 5.75 Å². The van der Waals surface area contributed by atoms with Crippen LogP contribution in [-0.2, 0) is 6.42 Å². The Morgan fingerprint density at radius 3 is 2.48 bits per heavy atom. The average Bonchev–Trinajstić information content (AvgIpc) is 2.93. The van der Waals surface area contributed by atoms with E-state index in [4.69, 9.17) is 10.5 Å². The Balaban J connectivity index is 2.09. The van der Waals surface area contributed by atoms with Crippen molar-refractivity contribution in [2.45, 2.75) is 12.8 Å². The molecule has 4 nitrogen and oxygen atoms in total. The Labute approximate surface area is 136 Å². The van der Waals surface area contributed by atoms with Gasteiger partial charge in [0.15, 0.2) is 0 Å². The van der Waals surface area contributed by atoms with Crippen LogP contribution in [0.2, 0.25) is 0 Å². The number of nitrogens with two attached hydrogens (primary N) is 1. The number of benzene rings is 1. The van der Waals surface area contributed by atoms with E-state index in [0.717, 1.165) is 11.3 Å². The van der Waals surface area contributed by atoms with Gasteiger partial charge in [-0.05, 0) is 42.3 Å². The Morgan fingerprint density at radius 1 is 1.17 bits per heavy atom. The third kappa shape index (κ3) is 2.77. The van der Waals surface area contributed by atoms with Crippen LogP contribution in [-0.4, -0.2) is 18.8 Å². The number of amides is 1. The molecule has 2 aromatic rings. The average molecular weight is 331 g/mol. The normalized spacial score (nSPS) is 13.2. The molecule has 1 aromatic heterocycles. The lowest BCUT2D eigenvalue weighted by Crippen LogP contribution is -2.12. The number of carbonyl (C=O) groups is 2. The molecule has 6 heteroatoms. The molecule has 2 N–H and O–H groups in total. The summed E-state index contributed by atoms with van der Waals surface area (Å²) in [5.41, 5.74) is 6.99. The summed E-state index contributed by atoms with van der Waals surface area (Å²) in [4.78, 5) is 25.0. The lowest BCUT2D eigenvalue weighted by molar-refractivity contribution is 0.100. The zero-order valence-corrected chi connectivity index (χ0v) is 13.2. The van der Waals surface area contributed by atoms with Gasteiger partial charge in [0.1, 0.15) is 11.6 Å². The molecule has 0 spiro atoms. The Kier molecular flexibility index (Phi) is 4.00. The second-order valence-corrected chi connectivity index (χ2v) is 6.19. The zero-order chi connectivity index (χ0) is 16.6. The number of methoxy groups -OCH3 is 1. The molecule has 1 aliphatic carbocycles. The van der Waals surface area contributed by atoms with Gasteiger partial charge in [-0.1, -0.05) is 0 Å². The molecule has 0 fully saturated rings. The maximum atomic E-state index is 13.6. The maximum Gasteiger partial charge on any atom is 0.259 e. The van der Waals surface area contributed by atoms with Gasteiger partial charge in [-0.2, -0.15) is 0 Å². The molecule has 0 aliphatic heterocycles. The molecular weight excluding hydrogens is 317 g/mol. The number of fused-ring (bicyclic) bond motifs is 1. The first-order valence-electron chi connectivity index (χ1n) is 7.01. The number of primary amides is 1. The first-order valence-corrected chi connectivity index (χ1v) is 7.83. The first kappa shape index (κ1) is 15.4. The highest BCUT2D eigenvalue weighted by atomic mass is 32.1. The van der Waals surface area contributed by atoms with E-state index in [1.807, 2.05) is 0 Å². The first-order chi connectivity index (χ1) is 11.0. The van der Waals surface area contributed by atoms with Crippen molar-refractivity contribution in [3.63, 3.8) is 0 Å². The summed E-state index contributed by atoms with van der Waals surface area (Å²) < 4.78 is 18.7. The molecule has 1 aromatic carbocycles. The fourth-order valence-electron chi connectivity index (χ4n) is 2.59. The third-order valence-corrected chi connectivity index (χ3v) is 5.01. The Hall–Kier alpha value is -2.47. The Bertz CT molecular complexity index is 821. The molecule has 0 unspecified atom stereocenters. The fourth-order valence-corrected chi connectivity index (χ4v) is 3.74. The highest BCUT2D eigenvalue weighted by molar-refractivity contribution is 7.16. The van der Waals surface area contributed by atoms with Crippen molar-refractivity contribution < 1.29 is 18.7 Å². The van der Waals surface area contributed by atoms with Crippen LogP contribution in [0.4, 0.5) is 4.39 Å². The second kappa shape index (κ2) is 5.96. The number of halogens is 1. The molecule has 0 radical (unpaired) electrons. The van der Waals surface area contributed by atoms with Crippen LogP contribution < -0.4 is 10.5 Å². The van der Waals surface area contributed by atoms with Gasteiger partial charge in [0, 0.05) is 17.5 Å². The predicted octanol–water partition coefficient (Wildman–Crippen LogP) is 3.34. The lowest BCUT2D eigenvalue weighted by Gasteiger charge is -2.10. The van der Waals surface area contributed by atoms with Crippen molar-refractivity contribution in [3.05, 3.63) is 56.5 Å². The Morgan fingerprint density at radius 2 is 1.87 bits per heavy atom. The molecule has 0 saturated carbocycles. The number of allylic oxidation sites excluding steroid dienone is 1. The smallest absolute Gasteiger partial charge is 0.259 e. The summed E-state index contributed by atoms with van der Waals surface area (Å²) in [5, 5.41) is 0. The van der Waals surface area contributed by atoms with Crippen LogP contribution in [0.15, 0.2) is 30.1 Å². The van der Waals surface area contributed by atoms with E-state index in [1.54, 1.807) is 31.4 Å². The van der Waals surface area contributed by atoms with Crippen LogP contribution >= 0.6 is 11.3 Å². The summed E-state index contributed by atoms with van der Waals surface area (Å²) in [7, 11) is 1.54. The summed E-state index contributed by atoms with van der Waals surface area (Å²) in [6.07, 6.45) is 1.93. The minimum absolute atomic E-state index is 0.222. The molecule has 0 bridgehead atoms. The van der Waals surface area contributed by atoms with E-state index in [-0.39, 0.29) is 18.0 Å². The molecule has 1 heterocycles. The van der Waals surface area contributed by atoms with Gasteiger partial charge in [-0.3, -0.25) is 9.59 Å². The highest BCUT2D eigenvalue weighted by Gasteiger charge is 2.27. The molecule has 118 valence electrons. The van der Waals surface area contributed by atoms with Crippen molar-refractivity contribution in [2.75, 3.05) is 7.11 Å². The number of ketones is 1. The molecule has 1 aliphatic rings. The topological polar surface area (TPSA) is 69.4 Å². The van der Waals surface area contributed by atoms with E-state index in [0.29, 0.717) is 38.6 Å². The lowest BCUT2D eigenvalue weighted by atomic mass is 9.95. The minimum atomic E-state index is -0.587. The number of carbonyl (C=O) groups excluding carboxylic acids is 2. The van der Waals surface area contributed by atoms with Crippen LogP contribution in [0, 0.1) is 0 Å². The fraction of sp³-hybridized carbons (Fsp3) is 0.176. The summed E-state index contributed by atoms with van der Waals surface area (Å²) >= 11 is 1.03. The SMILES string of the molecule is COc1ccc(C(=O)c2sc(C(N)=O)c3c2C=C(F)CC3)cc1. The van der Waals surface area contributed by atoms with Crippen LogP contribution in [0.1, 0.15) is 42.5 Å². The molecule has 3 rings (SSSR count). The summed E-state index contributed by atoms with van der Waals surface area (Å²) in [6.45, 7) is 0. The molecular formula is C17H14FNO3S. The van der Waals surface area contributed by atoms with Crippen molar-refractivity contribution in [1.82, 2.24) is 0 Å². The summed E-state index contributed by atoms with van der Waals surface area (Å²) in [5.74, 6) is -0.503. The minimum Gasteiger partial charge on any atom is -0.497 e.